The Bertz CT molecular complexity index is 568. The molecular formula is C16H23N5. The molecule has 0 aliphatic heterocycles. The molecule has 112 valence electrons. The Hall–Kier alpha value is -2.17. The van der Waals surface area contributed by atoms with E-state index in [4.69, 9.17) is 0 Å². The van der Waals surface area contributed by atoms with Crippen molar-refractivity contribution < 1.29 is 0 Å². The molecule has 21 heavy (non-hydrogen) atoms. The van der Waals surface area contributed by atoms with E-state index in [-0.39, 0.29) is 0 Å². The van der Waals surface area contributed by atoms with Gasteiger partial charge < -0.3 is 10.6 Å². The lowest BCUT2D eigenvalue weighted by Crippen LogP contribution is -2.11. The first-order chi connectivity index (χ1) is 10.2. The van der Waals surface area contributed by atoms with Crippen LogP contribution in [0.2, 0.25) is 0 Å². The summed E-state index contributed by atoms with van der Waals surface area (Å²) in [5.41, 5.74) is 2.20. The van der Waals surface area contributed by atoms with Crippen LogP contribution in [0.1, 0.15) is 37.2 Å². The molecule has 0 amide bonds. The lowest BCUT2D eigenvalue weighted by Gasteiger charge is -2.14. The molecule has 0 spiro atoms. The van der Waals surface area contributed by atoms with E-state index >= 15 is 0 Å². The van der Waals surface area contributed by atoms with Gasteiger partial charge >= 0.3 is 0 Å². The zero-order chi connectivity index (χ0) is 15.1. The van der Waals surface area contributed by atoms with Gasteiger partial charge in [0.25, 0.3) is 0 Å². The Morgan fingerprint density at radius 3 is 2.48 bits per heavy atom. The Morgan fingerprint density at radius 1 is 1.10 bits per heavy atom. The lowest BCUT2D eigenvalue weighted by molar-refractivity contribution is 0.903. The van der Waals surface area contributed by atoms with Gasteiger partial charge in [-0.2, -0.15) is 0 Å². The summed E-state index contributed by atoms with van der Waals surface area (Å²) in [7, 11) is 0. The third-order valence-electron chi connectivity index (χ3n) is 3.23. The molecule has 2 aromatic rings. The number of rotatable bonds is 7. The van der Waals surface area contributed by atoms with Gasteiger partial charge in [-0.25, -0.2) is 9.97 Å². The predicted molar refractivity (Wildman–Crippen MR) is 86.5 cm³/mol. The molecule has 2 aromatic heterocycles. The minimum absolute atomic E-state index is 0.710. The van der Waals surface area contributed by atoms with Crippen LogP contribution < -0.4 is 10.6 Å². The van der Waals surface area contributed by atoms with Crippen molar-refractivity contribution in [2.75, 3.05) is 17.2 Å². The van der Waals surface area contributed by atoms with Crippen molar-refractivity contribution >= 4 is 11.6 Å². The maximum Gasteiger partial charge on any atom is 0.135 e. The van der Waals surface area contributed by atoms with E-state index in [1.54, 1.807) is 6.20 Å². The maximum atomic E-state index is 4.59. The molecule has 2 heterocycles. The quantitative estimate of drug-likeness (QED) is 0.818. The second-order valence-electron chi connectivity index (χ2n) is 4.96. The van der Waals surface area contributed by atoms with Gasteiger partial charge in [-0.15, -0.1) is 0 Å². The monoisotopic (exact) mass is 285 g/mol. The maximum absolute atomic E-state index is 4.59. The number of anilines is 2. The molecule has 5 nitrogen and oxygen atoms in total. The molecular weight excluding hydrogens is 262 g/mol. The van der Waals surface area contributed by atoms with Crippen LogP contribution in [-0.2, 0) is 13.0 Å². The lowest BCUT2D eigenvalue weighted by atomic mass is 10.2. The van der Waals surface area contributed by atoms with Gasteiger partial charge in [0.2, 0.25) is 0 Å². The smallest absolute Gasteiger partial charge is 0.135 e. The second-order valence-corrected chi connectivity index (χ2v) is 4.96. The topological polar surface area (TPSA) is 62.7 Å². The average Bonchev–Trinajstić information content (AvgIpc) is 2.53. The molecule has 2 N–H and O–H groups in total. The SMILES string of the molecule is CCCNc1nc(CC)nc(NCc2cccnc2)c1C. The molecule has 5 heteroatoms. The zero-order valence-corrected chi connectivity index (χ0v) is 13.0. The largest absolute Gasteiger partial charge is 0.370 e. The molecule has 0 saturated carbocycles. The summed E-state index contributed by atoms with van der Waals surface area (Å²) in [4.78, 5) is 13.3. The number of hydrogen-bond donors (Lipinski definition) is 2. The molecule has 0 unspecified atom stereocenters. The van der Waals surface area contributed by atoms with Gasteiger partial charge in [-0.3, -0.25) is 4.98 Å². The molecule has 0 atom stereocenters. The number of pyridine rings is 1. The Kier molecular flexibility index (Phi) is 5.49. The Balaban J connectivity index is 2.17. The fraction of sp³-hybridized carbons (Fsp3) is 0.438. The van der Waals surface area contributed by atoms with Crippen LogP contribution in [0.3, 0.4) is 0 Å². The molecule has 0 fully saturated rings. The molecule has 0 radical (unpaired) electrons. The van der Waals surface area contributed by atoms with Crippen molar-refractivity contribution in [2.45, 2.75) is 40.2 Å². The molecule has 0 aliphatic carbocycles. The highest BCUT2D eigenvalue weighted by Gasteiger charge is 2.09. The van der Waals surface area contributed by atoms with Crippen molar-refractivity contribution in [2.24, 2.45) is 0 Å². The van der Waals surface area contributed by atoms with E-state index in [0.717, 1.165) is 48.0 Å². The minimum atomic E-state index is 0.710. The van der Waals surface area contributed by atoms with E-state index in [9.17, 15) is 0 Å². The van der Waals surface area contributed by atoms with Crippen LogP contribution in [-0.4, -0.2) is 21.5 Å². The van der Waals surface area contributed by atoms with E-state index in [0.29, 0.717) is 6.54 Å². The average molecular weight is 285 g/mol. The van der Waals surface area contributed by atoms with Crippen LogP contribution in [0.25, 0.3) is 0 Å². The summed E-state index contributed by atoms with van der Waals surface area (Å²) in [6.07, 6.45) is 5.54. The van der Waals surface area contributed by atoms with Crippen LogP contribution in [0.5, 0.6) is 0 Å². The Morgan fingerprint density at radius 2 is 1.86 bits per heavy atom. The summed E-state index contributed by atoms with van der Waals surface area (Å²) in [5, 5.41) is 6.76. The van der Waals surface area contributed by atoms with E-state index in [1.165, 1.54) is 0 Å². The fourth-order valence-corrected chi connectivity index (χ4v) is 2.00. The van der Waals surface area contributed by atoms with Crippen LogP contribution >= 0.6 is 0 Å². The first-order valence-electron chi connectivity index (χ1n) is 7.48. The predicted octanol–water partition coefficient (Wildman–Crippen LogP) is 3.18. The van der Waals surface area contributed by atoms with Gasteiger partial charge in [0, 0.05) is 37.5 Å². The molecule has 0 aliphatic rings. The highest BCUT2D eigenvalue weighted by molar-refractivity contribution is 5.57. The Labute approximate surface area is 126 Å². The van der Waals surface area contributed by atoms with Gasteiger partial charge in [0.15, 0.2) is 0 Å². The zero-order valence-electron chi connectivity index (χ0n) is 13.0. The van der Waals surface area contributed by atoms with Gasteiger partial charge in [0.05, 0.1) is 0 Å². The first kappa shape index (κ1) is 15.2. The number of aromatic nitrogens is 3. The first-order valence-corrected chi connectivity index (χ1v) is 7.48. The van der Waals surface area contributed by atoms with Crippen LogP contribution in [0, 0.1) is 6.92 Å². The summed E-state index contributed by atoms with van der Waals surface area (Å²) in [6.45, 7) is 7.89. The fourth-order valence-electron chi connectivity index (χ4n) is 2.00. The van der Waals surface area contributed by atoms with Gasteiger partial charge in [-0.1, -0.05) is 19.9 Å². The number of nitrogens with zero attached hydrogens (tertiary/aromatic N) is 3. The van der Waals surface area contributed by atoms with E-state index < -0.39 is 0 Å². The summed E-state index contributed by atoms with van der Waals surface area (Å²) in [6, 6.07) is 3.99. The standard InChI is InChI=1S/C16H23N5/c1-4-8-18-15-12(3)16(21-14(5-2)20-15)19-11-13-7-6-9-17-10-13/h6-7,9-10H,4-5,8,11H2,1-3H3,(H2,18,19,20,21). The third-order valence-corrected chi connectivity index (χ3v) is 3.23. The highest BCUT2D eigenvalue weighted by atomic mass is 15.1. The molecule has 0 saturated heterocycles. The number of aryl methyl sites for hydroxylation is 1. The summed E-state index contributed by atoms with van der Waals surface area (Å²) in [5.74, 6) is 2.68. The van der Waals surface area contributed by atoms with Crippen molar-refractivity contribution in [1.29, 1.82) is 0 Å². The van der Waals surface area contributed by atoms with E-state index in [2.05, 4.69) is 39.4 Å². The minimum Gasteiger partial charge on any atom is -0.370 e. The number of nitrogens with one attached hydrogen (secondary N) is 2. The number of hydrogen-bond acceptors (Lipinski definition) is 5. The summed E-state index contributed by atoms with van der Waals surface area (Å²) < 4.78 is 0. The molecule has 0 bridgehead atoms. The van der Waals surface area contributed by atoms with Crippen LogP contribution in [0.15, 0.2) is 24.5 Å². The van der Waals surface area contributed by atoms with Gasteiger partial charge in [0.1, 0.15) is 17.5 Å². The normalized spacial score (nSPS) is 10.4. The van der Waals surface area contributed by atoms with Crippen molar-refractivity contribution in [3.63, 3.8) is 0 Å². The molecule has 0 aromatic carbocycles. The second kappa shape index (κ2) is 7.57. The van der Waals surface area contributed by atoms with Crippen LogP contribution in [0.4, 0.5) is 11.6 Å². The summed E-state index contributed by atoms with van der Waals surface area (Å²) >= 11 is 0. The van der Waals surface area contributed by atoms with Gasteiger partial charge in [-0.05, 0) is 25.0 Å². The van der Waals surface area contributed by atoms with E-state index in [1.807, 2.05) is 25.3 Å². The van der Waals surface area contributed by atoms with Crippen molar-refractivity contribution in [3.8, 4) is 0 Å². The van der Waals surface area contributed by atoms with Crippen molar-refractivity contribution in [3.05, 3.63) is 41.5 Å². The van der Waals surface area contributed by atoms with Crippen molar-refractivity contribution in [1.82, 2.24) is 15.0 Å². The molecule has 2 rings (SSSR count). The third kappa shape index (κ3) is 4.15. The highest BCUT2D eigenvalue weighted by Crippen LogP contribution is 2.20.